The maximum Gasteiger partial charge on any atom is 0.246 e. The van der Waals surface area contributed by atoms with Crippen molar-refractivity contribution in [1.82, 2.24) is 14.9 Å². The van der Waals surface area contributed by atoms with Gasteiger partial charge in [0.05, 0.1) is 24.1 Å². The quantitative estimate of drug-likeness (QED) is 0.770. The second kappa shape index (κ2) is 6.78. The number of nitrogens with zero attached hydrogens (tertiary/aromatic N) is 2. The summed E-state index contributed by atoms with van der Waals surface area (Å²) in [5.41, 5.74) is 7.10. The molecule has 1 aromatic heterocycles. The van der Waals surface area contributed by atoms with Crippen LogP contribution in [0.5, 0.6) is 0 Å². The van der Waals surface area contributed by atoms with E-state index in [9.17, 15) is 9.59 Å². The molecule has 0 spiro atoms. The summed E-state index contributed by atoms with van der Waals surface area (Å²) in [7, 11) is 0. The van der Waals surface area contributed by atoms with Crippen LogP contribution in [0, 0.1) is 0 Å². The van der Waals surface area contributed by atoms with E-state index in [0.717, 1.165) is 23.9 Å². The molecule has 7 nitrogen and oxygen atoms in total. The van der Waals surface area contributed by atoms with Gasteiger partial charge in [0, 0.05) is 6.04 Å². The summed E-state index contributed by atoms with van der Waals surface area (Å²) in [6.45, 7) is -0.238. The zero-order valence-electron chi connectivity index (χ0n) is 12.9. The minimum atomic E-state index is -0.357. The van der Waals surface area contributed by atoms with Gasteiger partial charge in [0.25, 0.3) is 0 Å². The first-order valence-electron chi connectivity index (χ1n) is 7.92. The molecule has 2 aromatic rings. The second-order valence-electron chi connectivity index (χ2n) is 5.76. The van der Waals surface area contributed by atoms with Crippen LogP contribution in [0.15, 0.2) is 24.3 Å². The molecule has 7 heteroatoms. The molecule has 122 valence electrons. The zero-order valence-corrected chi connectivity index (χ0v) is 12.9. The van der Waals surface area contributed by atoms with Gasteiger partial charge in [-0.1, -0.05) is 25.0 Å². The second-order valence-corrected chi connectivity index (χ2v) is 5.76. The van der Waals surface area contributed by atoms with Gasteiger partial charge in [-0.05, 0) is 25.0 Å². The Hall–Kier alpha value is -2.41. The van der Waals surface area contributed by atoms with Crippen molar-refractivity contribution in [3.8, 4) is 0 Å². The Balaban J connectivity index is 1.83. The van der Waals surface area contributed by atoms with Gasteiger partial charge in [0.15, 0.2) is 0 Å². The molecule has 1 aliphatic rings. The highest BCUT2D eigenvalue weighted by Crippen LogP contribution is 2.35. The number of aromatic nitrogens is 2. The number of nitrogens with two attached hydrogens (primary N) is 1. The third-order valence-electron chi connectivity index (χ3n) is 4.17. The number of rotatable bonds is 5. The first-order chi connectivity index (χ1) is 11.2. The number of carbonyl (C=O) groups is 2. The van der Waals surface area contributed by atoms with E-state index in [0.29, 0.717) is 12.0 Å². The van der Waals surface area contributed by atoms with Crippen molar-refractivity contribution in [2.45, 2.75) is 31.7 Å². The molecule has 0 saturated heterocycles. The number of fused-ring (bicyclic) bond motifs is 1. The molecule has 23 heavy (non-hydrogen) atoms. The average Bonchev–Trinajstić information content (AvgIpc) is 3.19. The van der Waals surface area contributed by atoms with Crippen molar-refractivity contribution in [1.29, 1.82) is 0 Å². The molecule has 0 aliphatic heterocycles. The zero-order chi connectivity index (χ0) is 16.2. The number of hydrogen-bond donors (Lipinski definition) is 3. The van der Waals surface area contributed by atoms with Crippen LogP contribution in [-0.2, 0) is 9.59 Å². The van der Waals surface area contributed by atoms with Gasteiger partial charge >= 0.3 is 0 Å². The lowest BCUT2D eigenvalue weighted by atomic mass is 10.2. The highest BCUT2D eigenvalue weighted by Gasteiger charge is 2.23. The first kappa shape index (κ1) is 15.5. The van der Waals surface area contributed by atoms with E-state index in [-0.39, 0.29) is 24.9 Å². The predicted octanol–water partition coefficient (Wildman–Crippen LogP) is 1.16. The molecule has 3 rings (SSSR count). The van der Waals surface area contributed by atoms with Gasteiger partial charge in [0.1, 0.15) is 0 Å². The van der Waals surface area contributed by atoms with E-state index in [2.05, 4.69) is 20.2 Å². The Morgan fingerprint density at radius 1 is 1.22 bits per heavy atom. The predicted molar refractivity (Wildman–Crippen MR) is 87.9 cm³/mol. The fourth-order valence-electron chi connectivity index (χ4n) is 3.08. The summed E-state index contributed by atoms with van der Waals surface area (Å²) in [6, 6.07) is 8.22. The average molecular weight is 315 g/mol. The summed E-state index contributed by atoms with van der Waals surface area (Å²) in [6.07, 6.45) is 4.56. The maximum absolute atomic E-state index is 12.1. The number of anilines is 1. The van der Waals surface area contributed by atoms with Crippen molar-refractivity contribution < 1.29 is 9.59 Å². The molecular formula is C16H21N5O2. The minimum absolute atomic E-state index is 0.107. The van der Waals surface area contributed by atoms with E-state index in [1.54, 1.807) is 0 Å². The van der Waals surface area contributed by atoms with Crippen LogP contribution in [0.2, 0.25) is 0 Å². The third kappa shape index (κ3) is 3.34. The summed E-state index contributed by atoms with van der Waals surface area (Å²) in [4.78, 5) is 27.7. The fraction of sp³-hybridized carbons (Fsp3) is 0.438. The highest BCUT2D eigenvalue weighted by atomic mass is 16.2. The van der Waals surface area contributed by atoms with Crippen LogP contribution in [0.4, 0.5) is 5.95 Å². The molecule has 4 N–H and O–H groups in total. The number of benzene rings is 1. The van der Waals surface area contributed by atoms with Crippen LogP contribution >= 0.6 is 0 Å². The summed E-state index contributed by atoms with van der Waals surface area (Å²) >= 11 is 0. The van der Waals surface area contributed by atoms with Crippen molar-refractivity contribution >= 4 is 28.8 Å². The van der Waals surface area contributed by atoms with Gasteiger partial charge in [-0.15, -0.1) is 0 Å². The smallest absolute Gasteiger partial charge is 0.246 e. The number of hydrogen-bond acceptors (Lipinski definition) is 4. The molecule has 0 radical (unpaired) electrons. The molecule has 1 saturated carbocycles. The van der Waals surface area contributed by atoms with Gasteiger partial charge < -0.3 is 15.6 Å². The largest absolute Gasteiger partial charge is 0.346 e. The highest BCUT2D eigenvalue weighted by molar-refractivity contribution is 5.95. The van der Waals surface area contributed by atoms with E-state index in [4.69, 9.17) is 5.73 Å². The molecule has 1 aliphatic carbocycles. The van der Waals surface area contributed by atoms with Crippen LogP contribution in [-0.4, -0.2) is 34.5 Å². The third-order valence-corrected chi connectivity index (χ3v) is 4.17. The fourth-order valence-corrected chi connectivity index (χ4v) is 3.08. The molecule has 0 bridgehead atoms. The Labute approximate surface area is 134 Å². The minimum Gasteiger partial charge on any atom is -0.346 e. The number of imidazole rings is 1. The topological polar surface area (TPSA) is 102 Å². The lowest BCUT2D eigenvalue weighted by Gasteiger charge is -2.16. The summed E-state index contributed by atoms with van der Waals surface area (Å²) in [5.74, 6) is -0.115. The SMILES string of the molecule is NCC(=O)NCC(=O)Nc1nc2ccccc2n1C1CCCC1. The summed E-state index contributed by atoms with van der Waals surface area (Å²) < 4.78 is 2.12. The van der Waals surface area contributed by atoms with Crippen molar-refractivity contribution in [2.75, 3.05) is 18.4 Å². The molecule has 1 fully saturated rings. The Morgan fingerprint density at radius 3 is 2.70 bits per heavy atom. The monoisotopic (exact) mass is 315 g/mol. The Morgan fingerprint density at radius 2 is 1.96 bits per heavy atom. The number of para-hydroxylation sites is 2. The molecular weight excluding hydrogens is 294 g/mol. The van der Waals surface area contributed by atoms with E-state index >= 15 is 0 Å². The normalized spacial score (nSPS) is 15.0. The Kier molecular flexibility index (Phi) is 4.57. The lowest BCUT2D eigenvalue weighted by Crippen LogP contribution is -2.37. The van der Waals surface area contributed by atoms with Crippen LogP contribution in [0.3, 0.4) is 0 Å². The number of nitrogens with one attached hydrogen (secondary N) is 2. The van der Waals surface area contributed by atoms with Crippen molar-refractivity contribution in [3.05, 3.63) is 24.3 Å². The molecule has 2 amide bonds. The lowest BCUT2D eigenvalue weighted by molar-refractivity contribution is -0.123. The van der Waals surface area contributed by atoms with E-state index in [1.165, 1.54) is 12.8 Å². The maximum atomic E-state index is 12.1. The van der Waals surface area contributed by atoms with Crippen molar-refractivity contribution in [3.63, 3.8) is 0 Å². The van der Waals surface area contributed by atoms with E-state index in [1.807, 2.05) is 24.3 Å². The molecule has 0 unspecified atom stereocenters. The standard InChI is InChI=1S/C16H21N5O2/c17-9-14(22)18-10-15(23)20-16-19-12-7-3-4-8-13(12)21(16)11-5-1-2-6-11/h3-4,7-8,11H,1-2,5-6,9-10,17H2,(H,18,22)(H,19,20,23). The van der Waals surface area contributed by atoms with E-state index < -0.39 is 0 Å². The van der Waals surface area contributed by atoms with Crippen LogP contribution < -0.4 is 16.4 Å². The van der Waals surface area contributed by atoms with Gasteiger partial charge in [-0.25, -0.2) is 4.98 Å². The number of carbonyl (C=O) groups excluding carboxylic acids is 2. The molecule has 0 atom stereocenters. The summed E-state index contributed by atoms with van der Waals surface area (Å²) in [5, 5.41) is 5.28. The molecule has 1 aromatic carbocycles. The van der Waals surface area contributed by atoms with Gasteiger partial charge in [0.2, 0.25) is 17.8 Å². The van der Waals surface area contributed by atoms with Crippen LogP contribution in [0.1, 0.15) is 31.7 Å². The molecule has 1 heterocycles. The van der Waals surface area contributed by atoms with Crippen LogP contribution in [0.25, 0.3) is 11.0 Å². The number of amides is 2. The van der Waals surface area contributed by atoms with Gasteiger partial charge in [-0.2, -0.15) is 0 Å². The Bertz CT molecular complexity index is 718. The van der Waals surface area contributed by atoms with Gasteiger partial charge in [-0.3, -0.25) is 14.9 Å². The first-order valence-corrected chi connectivity index (χ1v) is 7.92. The van der Waals surface area contributed by atoms with Crippen molar-refractivity contribution in [2.24, 2.45) is 5.73 Å².